The molecule has 0 unspecified atom stereocenters. The predicted molar refractivity (Wildman–Crippen MR) is 47.9 cm³/mol. The topological polar surface area (TPSA) is 18.5 Å². The van der Waals surface area contributed by atoms with Crippen LogP contribution in [0.2, 0.25) is 0 Å². The summed E-state index contributed by atoms with van der Waals surface area (Å²) in [6.45, 7) is 2.05. The number of benzene rings is 1. The smallest absolute Gasteiger partial charge is 0.183 e. The van der Waals surface area contributed by atoms with Gasteiger partial charge >= 0.3 is 0 Å². The molecule has 1 aromatic carbocycles. The Bertz CT molecular complexity index is 224. The molecule has 0 bridgehead atoms. The predicted octanol–water partition coefficient (Wildman–Crippen LogP) is 2.29. The maximum atomic E-state index is 5.10. The molecular weight excluding hydrogens is 152 g/mol. The van der Waals surface area contributed by atoms with Crippen LogP contribution in [0.25, 0.3) is 0 Å². The lowest BCUT2D eigenvalue weighted by atomic mass is 10.1. The average molecular weight is 166 g/mol. The standard InChI is InChI=1S/C10H14O2/c1-8-4-6-9(7-5-8)10(11-2)12-3/h4-7,10H,1-3H3. The van der Waals surface area contributed by atoms with Crippen LogP contribution in [0.3, 0.4) is 0 Å². The van der Waals surface area contributed by atoms with Crippen molar-refractivity contribution in [2.24, 2.45) is 0 Å². The first kappa shape index (κ1) is 9.23. The zero-order valence-corrected chi connectivity index (χ0v) is 7.70. The molecule has 2 heteroatoms. The molecule has 0 aliphatic rings. The van der Waals surface area contributed by atoms with Crippen LogP contribution >= 0.6 is 0 Å². The fourth-order valence-electron chi connectivity index (χ4n) is 1.09. The van der Waals surface area contributed by atoms with Crippen LogP contribution in [0, 0.1) is 6.92 Å². The van der Waals surface area contributed by atoms with Gasteiger partial charge < -0.3 is 9.47 Å². The highest BCUT2D eigenvalue weighted by Crippen LogP contribution is 2.16. The van der Waals surface area contributed by atoms with Gasteiger partial charge in [-0.05, 0) is 6.92 Å². The molecule has 0 heterocycles. The van der Waals surface area contributed by atoms with Crippen LogP contribution in [0.5, 0.6) is 0 Å². The van der Waals surface area contributed by atoms with Crippen molar-refractivity contribution in [3.8, 4) is 0 Å². The van der Waals surface area contributed by atoms with Crippen molar-refractivity contribution >= 4 is 0 Å². The van der Waals surface area contributed by atoms with Gasteiger partial charge in [-0.25, -0.2) is 0 Å². The molecule has 1 rings (SSSR count). The molecule has 1 aromatic rings. The Kier molecular flexibility index (Phi) is 3.26. The van der Waals surface area contributed by atoms with Crippen LogP contribution in [0.1, 0.15) is 17.4 Å². The molecule has 66 valence electrons. The Morgan fingerprint density at radius 2 is 1.50 bits per heavy atom. The molecule has 0 amide bonds. The second kappa shape index (κ2) is 4.24. The number of rotatable bonds is 3. The van der Waals surface area contributed by atoms with E-state index >= 15 is 0 Å². The number of methoxy groups -OCH3 is 2. The molecule has 0 atom stereocenters. The summed E-state index contributed by atoms with van der Waals surface area (Å²) in [5.41, 5.74) is 2.29. The highest BCUT2D eigenvalue weighted by molar-refractivity contribution is 5.22. The van der Waals surface area contributed by atoms with Crippen LogP contribution < -0.4 is 0 Å². The monoisotopic (exact) mass is 166 g/mol. The molecule has 2 nitrogen and oxygen atoms in total. The van der Waals surface area contributed by atoms with Crippen molar-refractivity contribution in [3.05, 3.63) is 35.4 Å². The largest absolute Gasteiger partial charge is 0.352 e. The van der Waals surface area contributed by atoms with E-state index in [9.17, 15) is 0 Å². The molecule has 12 heavy (non-hydrogen) atoms. The SMILES string of the molecule is COC(OC)c1ccc(C)cc1. The van der Waals surface area contributed by atoms with Gasteiger partial charge in [-0.2, -0.15) is 0 Å². The molecule has 0 N–H and O–H groups in total. The van der Waals surface area contributed by atoms with E-state index < -0.39 is 0 Å². The van der Waals surface area contributed by atoms with E-state index in [0.29, 0.717) is 0 Å². The van der Waals surface area contributed by atoms with Crippen molar-refractivity contribution in [1.29, 1.82) is 0 Å². The maximum Gasteiger partial charge on any atom is 0.183 e. The lowest BCUT2D eigenvalue weighted by Crippen LogP contribution is -2.02. The van der Waals surface area contributed by atoms with Gasteiger partial charge in [0.2, 0.25) is 0 Å². The third-order valence-electron chi connectivity index (χ3n) is 1.78. The fourth-order valence-corrected chi connectivity index (χ4v) is 1.09. The molecule has 0 saturated carbocycles. The zero-order chi connectivity index (χ0) is 8.97. The first-order valence-electron chi connectivity index (χ1n) is 3.90. The summed E-state index contributed by atoms with van der Waals surface area (Å²) >= 11 is 0. The number of hydrogen-bond acceptors (Lipinski definition) is 2. The van der Waals surface area contributed by atoms with Crippen molar-refractivity contribution in [1.82, 2.24) is 0 Å². The van der Waals surface area contributed by atoms with Gasteiger partial charge in [-0.1, -0.05) is 29.8 Å². The lowest BCUT2D eigenvalue weighted by molar-refractivity contribution is -0.106. The Labute approximate surface area is 73.1 Å². The van der Waals surface area contributed by atoms with Gasteiger partial charge in [0, 0.05) is 19.8 Å². The molecule has 0 aliphatic carbocycles. The van der Waals surface area contributed by atoms with Gasteiger partial charge in [0.05, 0.1) is 0 Å². The van der Waals surface area contributed by atoms with E-state index in [2.05, 4.69) is 6.92 Å². The minimum Gasteiger partial charge on any atom is -0.352 e. The summed E-state index contributed by atoms with van der Waals surface area (Å²) in [6.07, 6.45) is -0.245. The van der Waals surface area contributed by atoms with Gasteiger partial charge in [0.1, 0.15) is 0 Å². The fraction of sp³-hybridized carbons (Fsp3) is 0.400. The molecule has 0 saturated heterocycles. The Morgan fingerprint density at radius 3 is 1.92 bits per heavy atom. The summed E-state index contributed by atoms with van der Waals surface area (Å²) in [6, 6.07) is 8.10. The molecule has 0 spiro atoms. The molecular formula is C10H14O2. The quantitative estimate of drug-likeness (QED) is 0.641. The Hall–Kier alpha value is -0.860. The van der Waals surface area contributed by atoms with Gasteiger partial charge in [0.15, 0.2) is 6.29 Å². The number of hydrogen-bond donors (Lipinski definition) is 0. The summed E-state index contributed by atoms with van der Waals surface area (Å²) in [7, 11) is 3.27. The van der Waals surface area contributed by atoms with E-state index in [1.807, 2.05) is 24.3 Å². The zero-order valence-electron chi connectivity index (χ0n) is 7.70. The van der Waals surface area contributed by atoms with Gasteiger partial charge in [-0.3, -0.25) is 0 Å². The number of ether oxygens (including phenoxy) is 2. The van der Waals surface area contributed by atoms with Crippen molar-refractivity contribution in [2.45, 2.75) is 13.2 Å². The highest BCUT2D eigenvalue weighted by atomic mass is 16.7. The van der Waals surface area contributed by atoms with E-state index in [-0.39, 0.29) is 6.29 Å². The van der Waals surface area contributed by atoms with Crippen molar-refractivity contribution in [3.63, 3.8) is 0 Å². The van der Waals surface area contributed by atoms with Gasteiger partial charge in [-0.15, -0.1) is 0 Å². The first-order chi connectivity index (χ1) is 5.77. The molecule has 0 radical (unpaired) electrons. The highest BCUT2D eigenvalue weighted by Gasteiger charge is 2.06. The lowest BCUT2D eigenvalue weighted by Gasteiger charge is -2.13. The third kappa shape index (κ3) is 2.06. The summed E-state index contributed by atoms with van der Waals surface area (Å²) in [5.74, 6) is 0. The van der Waals surface area contributed by atoms with E-state index in [1.54, 1.807) is 14.2 Å². The normalized spacial score (nSPS) is 10.7. The Morgan fingerprint density at radius 1 is 1.00 bits per heavy atom. The summed E-state index contributed by atoms with van der Waals surface area (Å²) in [5, 5.41) is 0. The average Bonchev–Trinajstić information content (AvgIpc) is 2.10. The van der Waals surface area contributed by atoms with Crippen LogP contribution in [-0.4, -0.2) is 14.2 Å². The molecule has 0 aliphatic heterocycles. The first-order valence-corrected chi connectivity index (χ1v) is 3.90. The molecule has 0 aromatic heterocycles. The Balaban J connectivity index is 2.80. The summed E-state index contributed by atoms with van der Waals surface area (Å²) in [4.78, 5) is 0. The minimum absolute atomic E-state index is 0.245. The minimum atomic E-state index is -0.245. The molecule has 0 fully saturated rings. The second-order valence-electron chi connectivity index (χ2n) is 2.71. The third-order valence-corrected chi connectivity index (χ3v) is 1.78. The van der Waals surface area contributed by atoms with Crippen LogP contribution in [-0.2, 0) is 9.47 Å². The maximum absolute atomic E-state index is 5.10. The van der Waals surface area contributed by atoms with E-state index in [4.69, 9.17) is 9.47 Å². The van der Waals surface area contributed by atoms with E-state index in [1.165, 1.54) is 5.56 Å². The van der Waals surface area contributed by atoms with Gasteiger partial charge in [0.25, 0.3) is 0 Å². The van der Waals surface area contributed by atoms with Crippen LogP contribution in [0.4, 0.5) is 0 Å². The summed E-state index contributed by atoms with van der Waals surface area (Å²) < 4.78 is 10.2. The second-order valence-corrected chi connectivity index (χ2v) is 2.71. The van der Waals surface area contributed by atoms with Crippen molar-refractivity contribution in [2.75, 3.05) is 14.2 Å². The van der Waals surface area contributed by atoms with E-state index in [0.717, 1.165) is 5.56 Å². The van der Waals surface area contributed by atoms with Crippen LogP contribution in [0.15, 0.2) is 24.3 Å². The van der Waals surface area contributed by atoms with Crippen molar-refractivity contribution < 1.29 is 9.47 Å². The number of aryl methyl sites for hydroxylation is 1.